The van der Waals surface area contributed by atoms with Crippen molar-refractivity contribution in [3.05, 3.63) is 66.1 Å². The number of nitrogens with zero attached hydrogens (tertiary/aromatic N) is 2. The van der Waals surface area contributed by atoms with Gasteiger partial charge in [0.05, 0.1) is 5.52 Å². The topological polar surface area (TPSA) is 25.2 Å². The molecule has 0 saturated carbocycles. The van der Waals surface area contributed by atoms with Gasteiger partial charge in [0.1, 0.15) is 11.5 Å². The number of aromatic nitrogens is 1. The van der Waals surface area contributed by atoms with Gasteiger partial charge in [-0.2, -0.15) is 0 Å². The first-order chi connectivity index (χ1) is 10.6. The highest BCUT2D eigenvalue weighted by atomic mass is 19.1. The number of halogens is 1. The highest BCUT2D eigenvalue weighted by Crippen LogP contribution is 2.24. The van der Waals surface area contributed by atoms with Crippen LogP contribution in [0, 0.1) is 5.82 Å². The van der Waals surface area contributed by atoms with E-state index in [0.29, 0.717) is 23.1 Å². The number of fused-ring (bicyclic) bond motifs is 1. The SMILES string of the molecule is CCN(C(=O)c1cc2c(F)cccc2n1C)c1ccccc1. The van der Waals surface area contributed by atoms with Gasteiger partial charge in [-0.05, 0) is 37.3 Å². The fraction of sp³-hybridized carbons (Fsp3) is 0.167. The molecular formula is C18H17FN2O. The predicted molar refractivity (Wildman–Crippen MR) is 86.7 cm³/mol. The number of benzene rings is 2. The van der Waals surface area contributed by atoms with Gasteiger partial charge in [0.25, 0.3) is 5.91 Å². The summed E-state index contributed by atoms with van der Waals surface area (Å²) in [5, 5.41) is 0.470. The molecule has 0 atom stereocenters. The van der Waals surface area contributed by atoms with Gasteiger partial charge < -0.3 is 9.47 Å². The zero-order chi connectivity index (χ0) is 15.7. The molecule has 22 heavy (non-hydrogen) atoms. The van der Waals surface area contributed by atoms with Crippen molar-refractivity contribution >= 4 is 22.5 Å². The third kappa shape index (κ3) is 2.26. The van der Waals surface area contributed by atoms with Gasteiger partial charge in [0.15, 0.2) is 0 Å². The summed E-state index contributed by atoms with van der Waals surface area (Å²) in [5.41, 5.74) is 2.03. The van der Waals surface area contributed by atoms with Crippen LogP contribution in [0.25, 0.3) is 10.9 Å². The Kier molecular flexibility index (Phi) is 3.67. The third-order valence-electron chi connectivity index (χ3n) is 3.88. The van der Waals surface area contributed by atoms with E-state index in [1.165, 1.54) is 6.07 Å². The second-order valence-corrected chi connectivity index (χ2v) is 5.15. The van der Waals surface area contributed by atoms with Crippen LogP contribution in [0.3, 0.4) is 0 Å². The number of carbonyl (C=O) groups is 1. The standard InChI is InChI=1S/C18H17FN2O/c1-3-21(13-8-5-4-6-9-13)18(22)17-12-14-15(19)10-7-11-16(14)20(17)2/h4-12H,3H2,1-2H3. The second kappa shape index (κ2) is 5.64. The first-order valence-electron chi connectivity index (χ1n) is 7.24. The smallest absolute Gasteiger partial charge is 0.274 e. The minimum atomic E-state index is -0.310. The van der Waals surface area contributed by atoms with E-state index in [2.05, 4.69) is 0 Å². The summed E-state index contributed by atoms with van der Waals surface area (Å²) < 4.78 is 15.7. The lowest BCUT2D eigenvalue weighted by atomic mass is 10.2. The van der Waals surface area contributed by atoms with Gasteiger partial charge in [-0.1, -0.05) is 24.3 Å². The summed E-state index contributed by atoms with van der Waals surface area (Å²) in [5.74, 6) is -0.443. The van der Waals surface area contributed by atoms with Crippen molar-refractivity contribution in [2.75, 3.05) is 11.4 Å². The minimum Gasteiger partial charge on any atom is -0.340 e. The van der Waals surface area contributed by atoms with Gasteiger partial charge >= 0.3 is 0 Å². The van der Waals surface area contributed by atoms with E-state index in [-0.39, 0.29) is 11.7 Å². The molecule has 0 fully saturated rings. The average molecular weight is 296 g/mol. The van der Waals surface area contributed by atoms with Crippen molar-refractivity contribution in [3.63, 3.8) is 0 Å². The van der Waals surface area contributed by atoms with E-state index >= 15 is 0 Å². The maximum atomic E-state index is 13.9. The summed E-state index contributed by atoms with van der Waals surface area (Å²) in [6.45, 7) is 2.47. The summed E-state index contributed by atoms with van der Waals surface area (Å²) in [6.07, 6.45) is 0. The molecule has 2 aromatic carbocycles. The number of amides is 1. The summed E-state index contributed by atoms with van der Waals surface area (Å²) in [6, 6.07) is 16.0. The number of anilines is 1. The zero-order valence-corrected chi connectivity index (χ0v) is 12.6. The minimum absolute atomic E-state index is 0.133. The Hall–Kier alpha value is -2.62. The summed E-state index contributed by atoms with van der Waals surface area (Å²) >= 11 is 0. The summed E-state index contributed by atoms with van der Waals surface area (Å²) in [7, 11) is 1.79. The van der Waals surface area contributed by atoms with E-state index < -0.39 is 0 Å². The van der Waals surface area contributed by atoms with Crippen molar-refractivity contribution in [2.24, 2.45) is 7.05 Å². The number of aryl methyl sites for hydroxylation is 1. The highest BCUT2D eigenvalue weighted by molar-refractivity contribution is 6.07. The molecule has 4 heteroatoms. The normalized spacial score (nSPS) is 10.9. The monoisotopic (exact) mass is 296 g/mol. The molecule has 0 spiro atoms. The van der Waals surface area contributed by atoms with E-state index in [1.54, 1.807) is 28.6 Å². The van der Waals surface area contributed by atoms with E-state index in [0.717, 1.165) is 5.69 Å². The van der Waals surface area contributed by atoms with Gasteiger partial charge in [0, 0.05) is 24.7 Å². The zero-order valence-electron chi connectivity index (χ0n) is 12.6. The van der Waals surface area contributed by atoms with Gasteiger partial charge in [-0.25, -0.2) is 4.39 Å². The fourth-order valence-electron chi connectivity index (χ4n) is 2.72. The lowest BCUT2D eigenvalue weighted by molar-refractivity contribution is 0.0981. The number of carbonyl (C=O) groups excluding carboxylic acids is 1. The Bertz CT molecular complexity index is 824. The Morgan fingerprint density at radius 2 is 1.86 bits per heavy atom. The van der Waals surface area contributed by atoms with Crippen LogP contribution in [0.2, 0.25) is 0 Å². The highest BCUT2D eigenvalue weighted by Gasteiger charge is 2.21. The van der Waals surface area contributed by atoms with Crippen LogP contribution in [-0.4, -0.2) is 17.0 Å². The molecule has 0 aliphatic carbocycles. The molecule has 0 aliphatic rings. The third-order valence-corrected chi connectivity index (χ3v) is 3.88. The second-order valence-electron chi connectivity index (χ2n) is 5.15. The maximum Gasteiger partial charge on any atom is 0.274 e. The van der Waals surface area contributed by atoms with E-state index in [9.17, 15) is 9.18 Å². The molecule has 1 heterocycles. The van der Waals surface area contributed by atoms with Crippen molar-refractivity contribution < 1.29 is 9.18 Å². The molecule has 0 N–H and O–H groups in total. The molecule has 112 valence electrons. The molecule has 0 saturated heterocycles. The molecule has 0 radical (unpaired) electrons. The number of hydrogen-bond donors (Lipinski definition) is 0. The molecular weight excluding hydrogens is 279 g/mol. The molecule has 0 bridgehead atoms. The average Bonchev–Trinajstić information content (AvgIpc) is 2.88. The van der Waals surface area contributed by atoms with Gasteiger partial charge in [0.2, 0.25) is 0 Å². The van der Waals surface area contributed by atoms with E-state index in [4.69, 9.17) is 0 Å². The van der Waals surface area contributed by atoms with Crippen LogP contribution in [0.5, 0.6) is 0 Å². The fourth-order valence-corrected chi connectivity index (χ4v) is 2.72. The lowest BCUT2D eigenvalue weighted by Gasteiger charge is -2.21. The van der Waals surface area contributed by atoms with Crippen LogP contribution in [0.4, 0.5) is 10.1 Å². The number of para-hydroxylation sites is 1. The van der Waals surface area contributed by atoms with Gasteiger partial charge in [-0.3, -0.25) is 4.79 Å². The van der Waals surface area contributed by atoms with Crippen molar-refractivity contribution in [3.8, 4) is 0 Å². The molecule has 0 unspecified atom stereocenters. The van der Waals surface area contributed by atoms with Crippen LogP contribution in [-0.2, 0) is 7.05 Å². The van der Waals surface area contributed by atoms with Crippen LogP contribution < -0.4 is 4.90 Å². The Labute approximate surface area is 128 Å². The molecule has 1 amide bonds. The molecule has 3 nitrogen and oxygen atoms in total. The number of hydrogen-bond acceptors (Lipinski definition) is 1. The van der Waals surface area contributed by atoms with E-state index in [1.807, 2.05) is 43.3 Å². The lowest BCUT2D eigenvalue weighted by Crippen LogP contribution is -2.31. The quantitative estimate of drug-likeness (QED) is 0.717. The Balaban J connectivity index is 2.08. The molecule has 3 rings (SSSR count). The first kappa shape index (κ1) is 14.3. The van der Waals surface area contributed by atoms with Crippen LogP contribution in [0.1, 0.15) is 17.4 Å². The first-order valence-corrected chi connectivity index (χ1v) is 7.24. The molecule has 0 aliphatic heterocycles. The van der Waals surface area contributed by atoms with Crippen LogP contribution >= 0.6 is 0 Å². The van der Waals surface area contributed by atoms with Crippen molar-refractivity contribution in [1.82, 2.24) is 4.57 Å². The molecule has 1 aromatic heterocycles. The summed E-state index contributed by atoms with van der Waals surface area (Å²) in [4.78, 5) is 14.5. The largest absolute Gasteiger partial charge is 0.340 e. The Morgan fingerprint density at radius 3 is 2.50 bits per heavy atom. The maximum absolute atomic E-state index is 13.9. The van der Waals surface area contributed by atoms with Crippen LogP contribution in [0.15, 0.2) is 54.6 Å². The number of rotatable bonds is 3. The van der Waals surface area contributed by atoms with Gasteiger partial charge in [-0.15, -0.1) is 0 Å². The predicted octanol–water partition coefficient (Wildman–Crippen LogP) is 3.98. The van der Waals surface area contributed by atoms with Crippen molar-refractivity contribution in [2.45, 2.75) is 6.92 Å². The Morgan fingerprint density at radius 1 is 1.14 bits per heavy atom. The molecule has 3 aromatic rings. The van der Waals surface area contributed by atoms with Crippen molar-refractivity contribution in [1.29, 1.82) is 0 Å².